The van der Waals surface area contributed by atoms with Crippen LogP contribution in [-0.4, -0.2) is 23.4 Å². The minimum atomic E-state index is -0.804. The zero-order valence-corrected chi connectivity index (χ0v) is 9.00. The Hall–Kier alpha value is -0.900. The standard InChI is InChI=1S/C11H19NO3/c12-8-9(13)6-11(7-10(14)15)4-2-1-3-5-11/h1-8,12H2,(H,14,15). The first-order valence-electron chi connectivity index (χ1n) is 5.51. The Labute approximate surface area is 89.8 Å². The van der Waals surface area contributed by atoms with Gasteiger partial charge in [0.25, 0.3) is 0 Å². The number of hydrogen-bond donors (Lipinski definition) is 2. The van der Waals surface area contributed by atoms with Crippen molar-refractivity contribution < 1.29 is 14.7 Å². The molecule has 1 fully saturated rings. The lowest BCUT2D eigenvalue weighted by Gasteiger charge is -2.35. The van der Waals surface area contributed by atoms with Gasteiger partial charge >= 0.3 is 5.97 Å². The lowest BCUT2D eigenvalue weighted by Crippen LogP contribution is -2.32. The van der Waals surface area contributed by atoms with E-state index in [2.05, 4.69) is 0 Å². The molecule has 1 aliphatic rings. The third kappa shape index (κ3) is 3.63. The van der Waals surface area contributed by atoms with Gasteiger partial charge < -0.3 is 10.8 Å². The highest BCUT2D eigenvalue weighted by molar-refractivity contribution is 5.81. The van der Waals surface area contributed by atoms with E-state index in [0.29, 0.717) is 6.42 Å². The van der Waals surface area contributed by atoms with E-state index in [1.165, 1.54) is 0 Å². The number of Topliss-reactive ketones (excluding diaryl/α,β-unsaturated/α-hetero) is 1. The highest BCUT2D eigenvalue weighted by Crippen LogP contribution is 2.42. The van der Waals surface area contributed by atoms with E-state index in [9.17, 15) is 9.59 Å². The van der Waals surface area contributed by atoms with Crippen LogP contribution in [0, 0.1) is 5.41 Å². The Bertz CT molecular complexity index is 244. The predicted molar refractivity (Wildman–Crippen MR) is 56.4 cm³/mol. The molecule has 15 heavy (non-hydrogen) atoms. The van der Waals surface area contributed by atoms with Crippen LogP contribution in [0.5, 0.6) is 0 Å². The Morgan fingerprint density at radius 3 is 2.20 bits per heavy atom. The summed E-state index contributed by atoms with van der Waals surface area (Å²) in [5.74, 6) is -0.820. The summed E-state index contributed by atoms with van der Waals surface area (Å²) in [7, 11) is 0. The summed E-state index contributed by atoms with van der Waals surface area (Å²) in [6, 6.07) is 0. The zero-order valence-electron chi connectivity index (χ0n) is 9.00. The van der Waals surface area contributed by atoms with E-state index in [0.717, 1.165) is 32.1 Å². The van der Waals surface area contributed by atoms with Gasteiger partial charge in [-0.15, -0.1) is 0 Å². The second-order valence-corrected chi connectivity index (χ2v) is 4.55. The van der Waals surface area contributed by atoms with Crippen molar-refractivity contribution in [3.63, 3.8) is 0 Å². The molecule has 4 nitrogen and oxygen atoms in total. The number of carboxylic acids is 1. The van der Waals surface area contributed by atoms with Crippen LogP contribution in [0.3, 0.4) is 0 Å². The van der Waals surface area contributed by atoms with Crippen LogP contribution in [0.1, 0.15) is 44.9 Å². The van der Waals surface area contributed by atoms with Crippen molar-refractivity contribution in [1.82, 2.24) is 0 Å². The van der Waals surface area contributed by atoms with Gasteiger partial charge in [-0.1, -0.05) is 19.3 Å². The Kier molecular flexibility index (Phi) is 4.27. The monoisotopic (exact) mass is 213 g/mol. The van der Waals surface area contributed by atoms with Gasteiger partial charge in [0.1, 0.15) is 5.78 Å². The number of carboxylic acid groups (broad SMARTS) is 1. The lowest BCUT2D eigenvalue weighted by atomic mass is 9.69. The topological polar surface area (TPSA) is 80.4 Å². The van der Waals surface area contributed by atoms with Gasteiger partial charge in [-0.25, -0.2) is 0 Å². The smallest absolute Gasteiger partial charge is 0.303 e. The third-order valence-corrected chi connectivity index (χ3v) is 3.24. The molecule has 86 valence electrons. The van der Waals surface area contributed by atoms with Gasteiger partial charge in [-0.2, -0.15) is 0 Å². The molecule has 0 aromatic rings. The summed E-state index contributed by atoms with van der Waals surface area (Å²) >= 11 is 0. The molecule has 1 saturated carbocycles. The first kappa shape index (κ1) is 12.2. The van der Waals surface area contributed by atoms with E-state index < -0.39 is 5.97 Å². The fraction of sp³-hybridized carbons (Fsp3) is 0.818. The number of hydrogen-bond acceptors (Lipinski definition) is 3. The highest BCUT2D eigenvalue weighted by Gasteiger charge is 2.35. The third-order valence-electron chi connectivity index (χ3n) is 3.24. The van der Waals surface area contributed by atoms with Crippen LogP contribution in [0.2, 0.25) is 0 Å². The molecule has 0 aromatic heterocycles. The Morgan fingerprint density at radius 2 is 1.73 bits per heavy atom. The van der Waals surface area contributed by atoms with E-state index >= 15 is 0 Å². The van der Waals surface area contributed by atoms with E-state index in [-0.39, 0.29) is 24.2 Å². The first-order chi connectivity index (χ1) is 7.08. The highest BCUT2D eigenvalue weighted by atomic mass is 16.4. The summed E-state index contributed by atoms with van der Waals surface area (Å²) in [6.45, 7) is 0.0291. The maximum absolute atomic E-state index is 11.3. The molecule has 0 amide bonds. The van der Waals surface area contributed by atoms with Gasteiger partial charge in [0.05, 0.1) is 13.0 Å². The van der Waals surface area contributed by atoms with E-state index in [4.69, 9.17) is 10.8 Å². The molecule has 0 unspecified atom stereocenters. The fourth-order valence-corrected chi connectivity index (χ4v) is 2.53. The van der Waals surface area contributed by atoms with Gasteiger partial charge in [-0.3, -0.25) is 9.59 Å². The zero-order chi connectivity index (χ0) is 11.3. The van der Waals surface area contributed by atoms with E-state index in [1.807, 2.05) is 0 Å². The first-order valence-corrected chi connectivity index (χ1v) is 5.51. The van der Waals surface area contributed by atoms with Crippen molar-refractivity contribution >= 4 is 11.8 Å². The minimum absolute atomic E-state index is 0.0156. The number of rotatable bonds is 5. The maximum Gasteiger partial charge on any atom is 0.303 e. The van der Waals surface area contributed by atoms with Crippen LogP contribution < -0.4 is 5.73 Å². The molecule has 3 N–H and O–H groups in total. The lowest BCUT2D eigenvalue weighted by molar-refractivity contribution is -0.141. The number of carbonyl (C=O) groups excluding carboxylic acids is 1. The largest absolute Gasteiger partial charge is 0.481 e. The molecule has 0 spiro atoms. The molecule has 0 aromatic carbocycles. The molecular formula is C11H19NO3. The SMILES string of the molecule is NCC(=O)CC1(CC(=O)O)CCCCC1. The van der Waals surface area contributed by atoms with Gasteiger partial charge in [0, 0.05) is 6.42 Å². The van der Waals surface area contributed by atoms with Crippen LogP contribution in [0.15, 0.2) is 0 Å². The Balaban J connectivity index is 2.65. The molecule has 1 rings (SSSR count). The molecule has 0 radical (unpaired) electrons. The molecule has 0 saturated heterocycles. The summed E-state index contributed by atoms with van der Waals surface area (Å²) in [4.78, 5) is 22.1. The molecule has 0 atom stereocenters. The summed E-state index contributed by atoms with van der Waals surface area (Å²) < 4.78 is 0. The van der Waals surface area contributed by atoms with Crippen LogP contribution in [0.4, 0.5) is 0 Å². The molecule has 0 aliphatic heterocycles. The number of ketones is 1. The normalized spacial score (nSPS) is 19.8. The average molecular weight is 213 g/mol. The van der Waals surface area contributed by atoms with Crippen molar-refractivity contribution in [3.8, 4) is 0 Å². The van der Waals surface area contributed by atoms with Crippen molar-refractivity contribution in [2.24, 2.45) is 11.1 Å². The van der Waals surface area contributed by atoms with Crippen molar-refractivity contribution in [2.75, 3.05) is 6.54 Å². The molecular weight excluding hydrogens is 194 g/mol. The van der Waals surface area contributed by atoms with E-state index in [1.54, 1.807) is 0 Å². The summed E-state index contributed by atoms with van der Waals surface area (Å²) in [6.07, 6.45) is 5.37. The Morgan fingerprint density at radius 1 is 1.13 bits per heavy atom. The fourth-order valence-electron chi connectivity index (χ4n) is 2.53. The molecule has 0 bridgehead atoms. The van der Waals surface area contributed by atoms with Crippen LogP contribution in [0.25, 0.3) is 0 Å². The second kappa shape index (κ2) is 5.26. The second-order valence-electron chi connectivity index (χ2n) is 4.55. The van der Waals surface area contributed by atoms with Gasteiger partial charge in [-0.05, 0) is 18.3 Å². The number of carbonyl (C=O) groups is 2. The number of aliphatic carboxylic acids is 1. The summed E-state index contributed by atoms with van der Waals surface area (Å²) in [5, 5.41) is 8.87. The summed E-state index contributed by atoms with van der Waals surface area (Å²) in [5.41, 5.74) is 4.98. The molecule has 0 heterocycles. The van der Waals surface area contributed by atoms with Gasteiger partial charge in [0.15, 0.2) is 0 Å². The predicted octanol–water partition coefficient (Wildman–Crippen LogP) is 1.33. The quantitative estimate of drug-likeness (QED) is 0.722. The van der Waals surface area contributed by atoms with Gasteiger partial charge in [0.2, 0.25) is 0 Å². The molecule has 1 aliphatic carbocycles. The number of nitrogens with two attached hydrogens (primary N) is 1. The van der Waals surface area contributed by atoms with Crippen molar-refractivity contribution in [3.05, 3.63) is 0 Å². The maximum atomic E-state index is 11.3. The van der Waals surface area contributed by atoms with Crippen LogP contribution in [-0.2, 0) is 9.59 Å². The van der Waals surface area contributed by atoms with Crippen molar-refractivity contribution in [2.45, 2.75) is 44.9 Å². The minimum Gasteiger partial charge on any atom is -0.481 e. The molecule has 4 heteroatoms. The van der Waals surface area contributed by atoms with Crippen LogP contribution >= 0.6 is 0 Å². The average Bonchev–Trinajstić information content (AvgIpc) is 2.17. The van der Waals surface area contributed by atoms with Crippen molar-refractivity contribution in [1.29, 1.82) is 0 Å².